The molecule has 1 aromatic rings. The van der Waals surface area contributed by atoms with Crippen molar-refractivity contribution in [2.24, 2.45) is 0 Å². The second-order valence-electron chi connectivity index (χ2n) is 6.24. The van der Waals surface area contributed by atoms with Crippen molar-refractivity contribution in [2.45, 2.75) is 26.2 Å². The standard InChI is InChI=1S/C18H31N5O/c1-2-22-13-15-23(16-14-22)12-6-5-10-20-18(24)21-11-8-17-7-3-4-9-19-17/h3-4,7,9H,2,5-6,8,10-16H2,1H3,(H2,20,21,24). The van der Waals surface area contributed by atoms with E-state index >= 15 is 0 Å². The fraction of sp³-hybridized carbons (Fsp3) is 0.667. The minimum Gasteiger partial charge on any atom is -0.338 e. The number of rotatable bonds is 9. The van der Waals surface area contributed by atoms with Crippen LogP contribution < -0.4 is 10.6 Å². The molecule has 6 nitrogen and oxygen atoms in total. The summed E-state index contributed by atoms with van der Waals surface area (Å²) in [6.07, 6.45) is 4.71. The van der Waals surface area contributed by atoms with Gasteiger partial charge in [0.1, 0.15) is 0 Å². The molecule has 1 saturated heterocycles. The number of pyridine rings is 1. The molecule has 1 aliphatic heterocycles. The highest BCUT2D eigenvalue weighted by Crippen LogP contribution is 2.02. The molecule has 0 atom stereocenters. The number of hydrogen-bond donors (Lipinski definition) is 2. The first-order chi connectivity index (χ1) is 11.8. The van der Waals surface area contributed by atoms with E-state index in [9.17, 15) is 4.79 Å². The molecule has 134 valence electrons. The molecule has 2 N–H and O–H groups in total. The zero-order valence-corrected chi connectivity index (χ0v) is 14.8. The summed E-state index contributed by atoms with van der Waals surface area (Å²) >= 11 is 0. The number of aromatic nitrogens is 1. The Morgan fingerprint density at radius 3 is 2.54 bits per heavy atom. The highest BCUT2D eigenvalue weighted by molar-refractivity contribution is 5.73. The minimum absolute atomic E-state index is 0.0810. The number of nitrogens with one attached hydrogen (secondary N) is 2. The molecule has 0 unspecified atom stereocenters. The largest absolute Gasteiger partial charge is 0.338 e. The molecule has 0 saturated carbocycles. The van der Waals surface area contributed by atoms with Gasteiger partial charge in [-0.2, -0.15) is 0 Å². The van der Waals surface area contributed by atoms with E-state index in [-0.39, 0.29) is 6.03 Å². The monoisotopic (exact) mass is 333 g/mol. The molecule has 2 heterocycles. The molecule has 24 heavy (non-hydrogen) atoms. The first kappa shape index (κ1) is 18.7. The third-order valence-corrected chi connectivity index (χ3v) is 4.49. The van der Waals surface area contributed by atoms with E-state index in [0.29, 0.717) is 6.54 Å². The number of urea groups is 1. The van der Waals surface area contributed by atoms with Crippen LogP contribution >= 0.6 is 0 Å². The summed E-state index contributed by atoms with van der Waals surface area (Å²) in [5.41, 5.74) is 1.00. The van der Waals surface area contributed by atoms with Crippen molar-refractivity contribution < 1.29 is 4.79 Å². The molecular weight excluding hydrogens is 302 g/mol. The van der Waals surface area contributed by atoms with Crippen molar-refractivity contribution in [2.75, 3.05) is 52.4 Å². The lowest BCUT2D eigenvalue weighted by Gasteiger charge is -2.33. The SMILES string of the molecule is CCN1CCN(CCCCNC(=O)NCCc2ccccn2)CC1. The van der Waals surface area contributed by atoms with Crippen LogP contribution in [0.25, 0.3) is 0 Å². The van der Waals surface area contributed by atoms with Crippen LogP contribution in [0.1, 0.15) is 25.5 Å². The number of carbonyl (C=O) groups excluding carboxylic acids is 1. The summed E-state index contributed by atoms with van der Waals surface area (Å²) in [6.45, 7) is 10.6. The van der Waals surface area contributed by atoms with E-state index in [1.165, 1.54) is 26.2 Å². The van der Waals surface area contributed by atoms with Crippen LogP contribution in [0.5, 0.6) is 0 Å². The van der Waals surface area contributed by atoms with Crippen molar-refractivity contribution in [1.29, 1.82) is 0 Å². The van der Waals surface area contributed by atoms with Gasteiger partial charge < -0.3 is 20.4 Å². The van der Waals surface area contributed by atoms with Crippen molar-refractivity contribution in [3.8, 4) is 0 Å². The highest BCUT2D eigenvalue weighted by Gasteiger charge is 2.14. The Hall–Kier alpha value is -1.66. The van der Waals surface area contributed by atoms with Crippen LogP contribution in [0.2, 0.25) is 0 Å². The molecule has 6 heteroatoms. The molecule has 0 aliphatic carbocycles. The Labute approximate surface area is 145 Å². The van der Waals surface area contributed by atoms with Gasteiger partial charge in [0.15, 0.2) is 0 Å². The van der Waals surface area contributed by atoms with E-state index in [4.69, 9.17) is 0 Å². The zero-order chi connectivity index (χ0) is 17.0. The van der Waals surface area contributed by atoms with Crippen LogP contribution in [-0.4, -0.2) is 73.2 Å². The Bertz CT molecular complexity index is 460. The average molecular weight is 333 g/mol. The number of likely N-dealkylation sites (N-methyl/N-ethyl adjacent to an activating group) is 1. The van der Waals surface area contributed by atoms with Gasteiger partial charge in [0.05, 0.1) is 0 Å². The summed E-state index contributed by atoms with van der Waals surface area (Å²) in [6, 6.07) is 5.75. The number of piperazine rings is 1. The van der Waals surface area contributed by atoms with Crippen molar-refractivity contribution in [3.05, 3.63) is 30.1 Å². The molecule has 0 spiro atoms. The minimum atomic E-state index is -0.0810. The summed E-state index contributed by atoms with van der Waals surface area (Å²) < 4.78 is 0. The Kier molecular flexibility index (Phi) is 8.55. The first-order valence-corrected chi connectivity index (χ1v) is 9.14. The number of nitrogens with zero attached hydrogens (tertiary/aromatic N) is 3. The van der Waals surface area contributed by atoms with Gasteiger partial charge in [0, 0.05) is 57.6 Å². The summed E-state index contributed by atoms with van der Waals surface area (Å²) in [5, 5.41) is 5.80. The van der Waals surface area contributed by atoms with Gasteiger partial charge in [0.2, 0.25) is 0 Å². The zero-order valence-electron chi connectivity index (χ0n) is 14.8. The normalized spacial score (nSPS) is 16.0. The van der Waals surface area contributed by atoms with Crippen LogP contribution in [-0.2, 0) is 6.42 Å². The lowest BCUT2D eigenvalue weighted by Crippen LogP contribution is -2.46. The topological polar surface area (TPSA) is 60.5 Å². The quantitative estimate of drug-likeness (QED) is 0.670. The molecule has 1 aliphatic rings. The van der Waals surface area contributed by atoms with Crippen LogP contribution in [0.4, 0.5) is 4.79 Å². The molecular formula is C18H31N5O. The van der Waals surface area contributed by atoms with Gasteiger partial charge in [-0.3, -0.25) is 4.98 Å². The second-order valence-corrected chi connectivity index (χ2v) is 6.24. The maximum absolute atomic E-state index is 11.7. The molecule has 1 aromatic heterocycles. The van der Waals surface area contributed by atoms with Gasteiger partial charge >= 0.3 is 6.03 Å². The summed E-state index contributed by atoms with van der Waals surface area (Å²) in [7, 11) is 0. The number of carbonyl (C=O) groups is 1. The van der Waals surface area contributed by atoms with Gasteiger partial charge in [-0.1, -0.05) is 13.0 Å². The van der Waals surface area contributed by atoms with E-state index < -0.39 is 0 Å². The van der Waals surface area contributed by atoms with E-state index in [1.807, 2.05) is 18.2 Å². The Balaban J connectivity index is 1.43. The third-order valence-electron chi connectivity index (χ3n) is 4.49. The second kappa shape index (κ2) is 11.0. The van der Waals surface area contributed by atoms with Crippen LogP contribution in [0.15, 0.2) is 24.4 Å². The smallest absolute Gasteiger partial charge is 0.314 e. The van der Waals surface area contributed by atoms with Gasteiger partial charge in [-0.15, -0.1) is 0 Å². The van der Waals surface area contributed by atoms with Crippen molar-refractivity contribution in [1.82, 2.24) is 25.4 Å². The van der Waals surface area contributed by atoms with E-state index in [0.717, 1.165) is 44.6 Å². The van der Waals surface area contributed by atoms with Crippen molar-refractivity contribution in [3.63, 3.8) is 0 Å². The average Bonchev–Trinajstić information content (AvgIpc) is 2.63. The maximum Gasteiger partial charge on any atom is 0.314 e. The lowest BCUT2D eigenvalue weighted by atomic mass is 10.2. The Morgan fingerprint density at radius 2 is 1.83 bits per heavy atom. The van der Waals surface area contributed by atoms with Crippen LogP contribution in [0.3, 0.4) is 0 Å². The molecule has 1 fully saturated rings. The highest BCUT2D eigenvalue weighted by atomic mass is 16.2. The first-order valence-electron chi connectivity index (χ1n) is 9.14. The van der Waals surface area contributed by atoms with Crippen molar-refractivity contribution >= 4 is 6.03 Å². The van der Waals surface area contributed by atoms with E-state index in [2.05, 4.69) is 32.3 Å². The molecule has 2 rings (SSSR count). The molecule has 2 amide bonds. The fourth-order valence-corrected chi connectivity index (χ4v) is 2.90. The van der Waals surface area contributed by atoms with Gasteiger partial charge in [0.25, 0.3) is 0 Å². The summed E-state index contributed by atoms with van der Waals surface area (Å²) in [5.74, 6) is 0. The van der Waals surface area contributed by atoms with Gasteiger partial charge in [-0.25, -0.2) is 4.79 Å². The number of unbranched alkanes of at least 4 members (excludes halogenated alkanes) is 1. The molecule has 0 bridgehead atoms. The number of amides is 2. The predicted molar refractivity (Wildman–Crippen MR) is 97.1 cm³/mol. The number of hydrogen-bond acceptors (Lipinski definition) is 4. The predicted octanol–water partition coefficient (Wildman–Crippen LogP) is 1.34. The third kappa shape index (κ3) is 7.27. The fourth-order valence-electron chi connectivity index (χ4n) is 2.90. The van der Waals surface area contributed by atoms with Crippen LogP contribution in [0, 0.1) is 0 Å². The van der Waals surface area contributed by atoms with E-state index in [1.54, 1.807) is 6.20 Å². The molecule has 0 radical (unpaired) electrons. The summed E-state index contributed by atoms with van der Waals surface area (Å²) in [4.78, 5) is 21.0. The lowest BCUT2D eigenvalue weighted by molar-refractivity contribution is 0.135. The Morgan fingerprint density at radius 1 is 1.08 bits per heavy atom. The molecule has 0 aromatic carbocycles. The maximum atomic E-state index is 11.7. The van der Waals surface area contributed by atoms with Gasteiger partial charge in [-0.05, 0) is 38.1 Å².